The third-order valence-corrected chi connectivity index (χ3v) is 3.26. The second kappa shape index (κ2) is 4.75. The zero-order chi connectivity index (χ0) is 12.4. The van der Waals surface area contributed by atoms with E-state index in [2.05, 4.69) is 35.8 Å². The standard InChI is InChI=1S/C13H19N3O/c1-9(2)16(3)5-4-10-6-15-11-7-14-8-12(17)13(10)11/h6-9,15,17H,4-5H2,1-3H3. The van der Waals surface area contributed by atoms with Crippen molar-refractivity contribution in [2.45, 2.75) is 26.3 Å². The number of pyridine rings is 1. The summed E-state index contributed by atoms with van der Waals surface area (Å²) in [7, 11) is 2.11. The number of nitrogens with one attached hydrogen (secondary N) is 1. The van der Waals surface area contributed by atoms with Crippen molar-refractivity contribution in [2.75, 3.05) is 13.6 Å². The molecular weight excluding hydrogens is 214 g/mol. The Bertz CT molecular complexity index is 504. The lowest BCUT2D eigenvalue weighted by molar-refractivity contribution is 0.278. The first-order valence-electron chi connectivity index (χ1n) is 5.92. The van der Waals surface area contributed by atoms with Gasteiger partial charge in [-0.1, -0.05) is 0 Å². The molecule has 0 spiro atoms. The van der Waals surface area contributed by atoms with E-state index in [0.717, 1.165) is 29.4 Å². The number of nitrogens with zero attached hydrogens (tertiary/aromatic N) is 2. The zero-order valence-corrected chi connectivity index (χ0v) is 10.6. The van der Waals surface area contributed by atoms with Crippen LogP contribution in [0.4, 0.5) is 0 Å². The first kappa shape index (κ1) is 11.9. The lowest BCUT2D eigenvalue weighted by Gasteiger charge is -2.20. The molecule has 0 saturated carbocycles. The molecule has 0 atom stereocenters. The van der Waals surface area contributed by atoms with Gasteiger partial charge in [0.1, 0.15) is 5.75 Å². The van der Waals surface area contributed by atoms with E-state index in [1.165, 1.54) is 6.20 Å². The molecule has 17 heavy (non-hydrogen) atoms. The molecule has 0 fully saturated rings. The summed E-state index contributed by atoms with van der Waals surface area (Å²) in [5.41, 5.74) is 2.04. The summed E-state index contributed by atoms with van der Waals surface area (Å²) in [6, 6.07) is 0.537. The van der Waals surface area contributed by atoms with Gasteiger partial charge >= 0.3 is 0 Å². The van der Waals surface area contributed by atoms with Crippen LogP contribution in [0, 0.1) is 0 Å². The van der Waals surface area contributed by atoms with Gasteiger partial charge in [-0.25, -0.2) is 0 Å². The summed E-state index contributed by atoms with van der Waals surface area (Å²) in [4.78, 5) is 9.39. The fraction of sp³-hybridized carbons (Fsp3) is 0.462. The first-order chi connectivity index (χ1) is 8.09. The smallest absolute Gasteiger partial charge is 0.143 e. The van der Waals surface area contributed by atoms with Crippen LogP contribution in [0.3, 0.4) is 0 Å². The fourth-order valence-electron chi connectivity index (χ4n) is 1.89. The van der Waals surface area contributed by atoms with E-state index in [-0.39, 0.29) is 5.75 Å². The molecule has 2 aromatic rings. The number of aromatic hydroxyl groups is 1. The molecule has 92 valence electrons. The highest BCUT2D eigenvalue weighted by atomic mass is 16.3. The molecule has 0 unspecified atom stereocenters. The van der Waals surface area contributed by atoms with E-state index in [0.29, 0.717) is 6.04 Å². The Morgan fingerprint density at radius 2 is 2.18 bits per heavy atom. The summed E-state index contributed by atoms with van der Waals surface area (Å²) in [6.45, 7) is 5.33. The second-order valence-corrected chi connectivity index (χ2v) is 4.72. The van der Waals surface area contributed by atoms with Crippen LogP contribution in [0.25, 0.3) is 10.9 Å². The normalized spacial score (nSPS) is 11.8. The maximum absolute atomic E-state index is 9.82. The van der Waals surface area contributed by atoms with Crippen LogP contribution in [-0.2, 0) is 6.42 Å². The molecule has 2 N–H and O–H groups in total. The molecule has 0 aliphatic heterocycles. The Morgan fingerprint density at radius 1 is 1.41 bits per heavy atom. The van der Waals surface area contributed by atoms with Gasteiger partial charge in [-0.05, 0) is 32.9 Å². The van der Waals surface area contributed by atoms with Gasteiger partial charge in [-0.2, -0.15) is 0 Å². The van der Waals surface area contributed by atoms with Crippen LogP contribution < -0.4 is 0 Å². The number of H-pyrrole nitrogens is 1. The van der Waals surface area contributed by atoms with Crippen molar-refractivity contribution < 1.29 is 5.11 Å². The van der Waals surface area contributed by atoms with E-state index in [1.807, 2.05) is 6.20 Å². The van der Waals surface area contributed by atoms with Crippen LogP contribution in [0.15, 0.2) is 18.6 Å². The summed E-state index contributed by atoms with van der Waals surface area (Å²) in [5.74, 6) is 0.256. The average Bonchev–Trinajstić information content (AvgIpc) is 2.70. The van der Waals surface area contributed by atoms with E-state index in [1.54, 1.807) is 6.20 Å². The Morgan fingerprint density at radius 3 is 2.88 bits per heavy atom. The molecule has 2 aromatic heterocycles. The Hall–Kier alpha value is -1.55. The number of likely N-dealkylation sites (N-methyl/N-ethyl adjacent to an activating group) is 1. The van der Waals surface area contributed by atoms with E-state index >= 15 is 0 Å². The lowest BCUT2D eigenvalue weighted by atomic mass is 10.1. The number of hydrogen-bond donors (Lipinski definition) is 2. The highest BCUT2D eigenvalue weighted by Gasteiger charge is 2.10. The van der Waals surface area contributed by atoms with E-state index < -0.39 is 0 Å². The van der Waals surface area contributed by atoms with Crippen molar-refractivity contribution in [3.8, 4) is 5.75 Å². The maximum atomic E-state index is 9.82. The average molecular weight is 233 g/mol. The quantitative estimate of drug-likeness (QED) is 0.850. The number of fused-ring (bicyclic) bond motifs is 1. The Labute approximate surface area is 101 Å². The minimum absolute atomic E-state index is 0.256. The van der Waals surface area contributed by atoms with Crippen molar-refractivity contribution >= 4 is 10.9 Å². The summed E-state index contributed by atoms with van der Waals surface area (Å²) < 4.78 is 0. The molecular formula is C13H19N3O. The highest BCUT2D eigenvalue weighted by Crippen LogP contribution is 2.26. The summed E-state index contributed by atoms with van der Waals surface area (Å²) in [5, 5.41) is 10.7. The zero-order valence-electron chi connectivity index (χ0n) is 10.6. The van der Waals surface area contributed by atoms with Gasteiger partial charge in [0.15, 0.2) is 0 Å². The van der Waals surface area contributed by atoms with Gasteiger partial charge in [0.25, 0.3) is 0 Å². The molecule has 4 heteroatoms. The van der Waals surface area contributed by atoms with Crippen molar-refractivity contribution in [1.29, 1.82) is 0 Å². The lowest BCUT2D eigenvalue weighted by Crippen LogP contribution is -2.28. The van der Waals surface area contributed by atoms with Crippen LogP contribution >= 0.6 is 0 Å². The van der Waals surface area contributed by atoms with Gasteiger partial charge in [0, 0.05) is 24.2 Å². The molecule has 0 aliphatic carbocycles. The molecule has 4 nitrogen and oxygen atoms in total. The largest absolute Gasteiger partial charge is 0.506 e. The Kier molecular flexibility index (Phi) is 3.33. The first-order valence-corrected chi connectivity index (χ1v) is 5.92. The van der Waals surface area contributed by atoms with Crippen molar-refractivity contribution in [1.82, 2.24) is 14.9 Å². The van der Waals surface area contributed by atoms with Crippen molar-refractivity contribution in [2.24, 2.45) is 0 Å². The fourth-order valence-corrected chi connectivity index (χ4v) is 1.89. The monoisotopic (exact) mass is 233 g/mol. The van der Waals surface area contributed by atoms with Crippen molar-refractivity contribution in [3.05, 3.63) is 24.2 Å². The SMILES string of the molecule is CC(C)N(C)CCc1c[nH]c2cncc(O)c12. The highest BCUT2D eigenvalue weighted by molar-refractivity contribution is 5.88. The number of aromatic amines is 1. The number of aromatic nitrogens is 2. The van der Waals surface area contributed by atoms with Crippen LogP contribution in [0.1, 0.15) is 19.4 Å². The maximum Gasteiger partial charge on any atom is 0.143 e. The van der Waals surface area contributed by atoms with Crippen LogP contribution in [0.2, 0.25) is 0 Å². The Balaban J connectivity index is 2.19. The minimum atomic E-state index is 0.256. The van der Waals surface area contributed by atoms with E-state index in [9.17, 15) is 5.11 Å². The molecule has 2 heterocycles. The molecule has 0 saturated heterocycles. The van der Waals surface area contributed by atoms with Gasteiger partial charge in [0.05, 0.1) is 17.9 Å². The van der Waals surface area contributed by atoms with Crippen molar-refractivity contribution in [3.63, 3.8) is 0 Å². The molecule has 0 bridgehead atoms. The molecule has 0 aliphatic rings. The minimum Gasteiger partial charge on any atom is -0.506 e. The van der Waals surface area contributed by atoms with Crippen LogP contribution in [0.5, 0.6) is 5.75 Å². The van der Waals surface area contributed by atoms with Gasteiger partial charge in [-0.3, -0.25) is 4.98 Å². The third-order valence-electron chi connectivity index (χ3n) is 3.26. The predicted octanol–water partition coefficient (Wildman–Crippen LogP) is 2.15. The third kappa shape index (κ3) is 2.42. The predicted molar refractivity (Wildman–Crippen MR) is 69.2 cm³/mol. The number of rotatable bonds is 4. The summed E-state index contributed by atoms with van der Waals surface area (Å²) in [6.07, 6.45) is 6.11. The molecule has 0 amide bonds. The molecule has 0 radical (unpaired) electrons. The van der Waals surface area contributed by atoms with Gasteiger partial charge < -0.3 is 15.0 Å². The summed E-state index contributed by atoms with van der Waals surface area (Å²) >= 11 is 0. The number of hydrogen-bond acceptors (Lipinski definition) is 3. The van der Waals surface area contributed by atoms with Gasteiger partial charge in [-0.15, -0.1) is 0 Å². The molecule has 0 aromatic carbocycles. The second-order valence-electron chi connectivity index (χ2n) is 4.72. The topological polar surface area (TPSA) is 52.2 Å². The van der Waals surface area contributed by atoms with E-state index in [4.69, 9.17) is 0 Å². The van der Waals surface area contributed by atoms with Gasteiger partial charge in [0.2, 0.25) is 0 Å². The molecule has 2 rings (SSSR count). The van der Waals surface area contributed by atoms with Crippen LogP contribution in [-0.4, -0.2) is 39.6 Å².